The van der Waals surface area contributed by atoms with Gasteiger partial charge in [0, 0.05) is 0 Å². The number of rotatable bonds is 7. The van der Waals surface area contributed by atoms with Crippen molar-refractivity contribution < 1.29 is 9.53 Å². The number of aromatic nitrogens is 3. The van der Waals surface area contributed by atoms with Gasteiger partial charge in [0.2, 0.25) is 5.91 Å². The molecule has 1 N–H and O–H groups in total. The first kappa shape index (κ1) is 18.0. The van der Waals surface area contributed by atoms with Crippen LogP contribution < -0.4 is 10.1 Å². The fourth-order valence-electron chi connectivity index (χ4n) is 2.50. The van der Waals surface area contributed by atoms with Crippen LogP contribution in [0.15, 0.2) is 18.2 Å². The summed E-state index contributed by atoms with van der Waals surface area (Å²) in [6, 6.07) is 6.23. The lowest BCUT2D eigenvalue weighted by Gasteiger charge is -2.15. The fourth-order valence-corrected chi connectivity index (χ4v) is 2.50. The number of nitrogens with zero attached hydrogens (tertiary/aromatic N) is 3. The van der Waals surface area contributed by atoms with Gasteiger partial charge >= 0.3 is 0 Å². The summed E-state index contributed by atoms with van der Waals surface area (Å²) in [5.41, 5.74) is 2.34. The summed E-state index contributed by atoms with van der Waals surface area (Å²) in [5.74, 6) is 2.60. The Balaban J connectivity index is 1.82. The topological polar surface area (TPSA) is 69.0 Å². The fraction of sp³-hybridized carbons (Fsp3) is 0.500. The van der Waals surface area contributed by atoms with E-state index in [0.29, 0.717) is 24.9 Å². The minimum Gasteiger partial charge on any atom is -0.491 e. The molecule has 0 bridgehead atoms. The number of amides is 1. The summed E-state index contributed by atoms with van der Waals surface area (Å²) in [6.45, 7) is 11.0. The first-order valence-electron chi connectivity index (χ1n) is 8.25. The molecule has 0 radical (unpaired) electrons. The average molecular weight is 330 g/mol. The molecule has 0 unspecified atom stereocenters. The number of carbonyl (C=O) groups is 1. The molecule has 0 atom stereocenters. The standard InChI is InChI=1S/C18H26N4O2/c1-12(2)16-7-6-13(3)10-17(16)24-9-8-19-18(23)11-22-15(5)20-14(4)21-22/h6-7,10,12H,8-9,11H2,1-5H3,(H,19,23). The molecule has 0 fully saturated rings. The number of hydrogen-bond acceptors (Lipinski definition) is 4. The van der Waals surface area contributed by atoms with Gasteiger partial charge in [-0.25, -0.2) is 9.67 Å². The van der Waals surface area contributed by atoms with Gasteiger partial charge in [0.05, 0.1) is 6.54 Å². The van der Waals surface area contributed by atoms with Crippen LogP contribution in [0.1, 0.15) is 42.5 Å². The number of benzene rings is 1. The smallest absolute Gasteiger partial charge is 0.241 e. The molecular formula is C18H26N4O2. The molecule has 1 amide bonds. The number of nitrogens with one attached hydrogen (secondary N) is 1. The molecule has 0 saturated heterocycles. The lowest BCUT2D eigenvalue weighted by Crippen LogP contribution is -2.31. The maximum Gasteiger partial charge on any atom is 0.241 e. The van der Waals surface area contributed by atoms with Crippen LogP contribution in [-0.2, 0) is 11.3 Å². The maximum atomic E-state index is 12.0. The predicted octanol–water partition coefficient (Wildman–Crippen LogP) is 2.52. The molecule has 0 saturated carbocycles. The highest BCUT2D eigenvalue weighted by Gasteiger charge is 2.10. The third-order valence-electron chi connectivity index (χ3n) is 3.73. The van der Waals surface area contributed by atoms with E-state index in [0.717, 1.165) is 17.1 Å². The molecule has 2 aromatic rings. The Morgan fingerprint density at radius 1 is 1.29 bits per heavy atom. The zero-order valence-corrected chi connectivity index (χ0v) is 15.1. The van der Waals surface area contributed by atoms with Crippen LogP contribution in [0.25, 0.3) is 0 Å². The summed E-state index contributed by atoms with van der Waals surface area (Å²) in [4.78, 5) is 16.1. The minimum atomic E-state index is -0.0973. The van der Waals surface area contributed by atoms with Gasteiger partial charge in [-0.1, -0.05) is 26.0 Å². The van der Waals surface area contributed by atoms with Crippen molar-refractivity contribution >= 4 is 5.91 Å². The monoisotopic (exact) mass is 330 g/mol. The SMILES string of the molecule is Cc1ccc(C(C)C)c(OCCNC(=O)Cn2nc(C)nc2C)c1. The van der Waals surface area contributed by atoms with E-state index in [4.69, 9.17) is 4.74 Å². The Labute approximate surface area is 143 Å². The number of aryl methyl sites for hydroxylation is 3. The summed E-state index contributed by atoms with van der Waals surface area (Å²) in [5, 5.41) is 7.03. The van der Waals surface area contributed by atoms with E-state index in [-0.39, 0.29) is 12.5 Å². The summed E-state index contributed by atoms with van der Waals surface area (Å²) in [6.07, 6.45) is 0. The zero-order valence-electron chi connectivity index (χ0n) is 15.1. The van der Waals surface area contributed by atoms with E-state index >= 15 is 0 Å². The predicted molar refractivity (Wildman–Crippen MR) is 93.3 cm³/mol. The first-order chi connectivity index (χ1) is 11.4. The molecule has 0 aliphatic rings. The zero-order chi connectivity index (χ0) is 17.7. The van der Waals surface area contributed by atoms with Crippen molar-refractivity contribution in [3.63, 3.8) is 0 Å². The molecule has 1 aromatic carbocycles. The summed E-state index contributed by atoms with van der Waals surface area (Å²) < 4.78 is 7.46. The number of ether oxygens (including phenoxy) is 1. The lowest BCUT2D eigenvalue weighted by molar-refractivity contribution is -0.122. The molecular weight excluding hydrogens is 304 g/mol. The van der Waals surface area contributed by atoms with Crippen LogP contribution in [0.3, 0.4) is 0 Å². The van der Waals surface area contributed by atoms with Crippen LogP contribution >= 0.6 is 0 Å². The number of carbonyl (C=O) groups excluding carboxylic acids is 1. The summed E-state index contributed by atoms with van der Waals surface area (Å²) >= 11 is 0. The molecule has 6 nitrogen and oxygen atoms in total. The molecule has 1 aromatic heterocycles. The van der Waals surface area contributed by atoms with Gasteiger partial charge in [0.1, 0.15) is 30.5 Å². The van der Waals surface area contributed by atoms with Crippen LogP contribution in [-0.4, -0.2) is 33.8 Å². The second-order valence-corrected chi connectivity index (χ2v) is 6.26. The van der Waals surface area contributed by atoms with E-state index in [1.165, 1.54) is 5.56 Å². The van der Waals surface area contributed by atoms with E-state index in [9.17, 15) is 4.79 Å². The highest BCUT2D eigenvalue weighted by atomic mass is 16.5. The van der Waals surface area contributed by atoms with Crippen molar-refractivity contribution in [1.29, 1.82) is 0 Å². The second kappa shape index (κ2) is 7.95. The Hall–Kier alpha value is -2.37. The van der Waals surface area contributed by atoms with E-state index in [2.05, 4.69) is 41.4 Å². The Morgan fingerprint density at radius 3 is 2.67 bits per heavy atom. The van der Waals surface area contributed by atoms with Gasteiger partial charge in [0.15, 0.2) is 0 Å². The third kappa shape index (κ3) is 4.81. The van der Waals surface area contributed by atoms with Crippen molar-refractivity contribution in [3.05, 3.63) is 41.0 Å². The molecule has 2 rings (SSSR count). The molecule has 6 heteroatoms. The van der Waals surface area contributed by atoms with Gasteiger partial charge in [-0.05, 0) is 43.9 Å². The second-order valence-electron chi connectivity index (χ2n) is 6.26. The van der Waals surface area contributed by atoms with Crippen molar-refractivity contribution in [2.75, 3.05) is 13.2 Å². The molecule has 130 valence electrons. The maximum absolute atomic E-state index is 12.0. The lowest BCUT2D eigenvalue weighted by atomic mass is 10.0. The van der Waals surface area contributed by atoms with Gasteiger partial charge in [-0.15, -0.1) is 0 Å². The van der Waals surface area contributed by atoms with Gasteiger partial charge in [-0.2, -0.15) is 5.10 Å². The highest BCUT2D eigenvalue weighted by Crippen LogP contribution is 2.27. The first-order valence-corrected chi connectivity index (χ1v) is 8.25. The minimum absolute atomic E-state index is 0.0973. The van der Waals surface area contributed by atoms with Gasteiger partial charge < -0.3 is 10.1 Å². The van der Waals surface area contributed by atoms with Gasteiger partial charge in [0.25, 0.3) is 0 Å². The average Bonchev–Trinajstić information content (AvgIpc) is 2.81. The van der Waals surface area contributed by atoms with Crippen LogP contribution in [0, 0.1) is 20.8 Å². The molecule has 0 aliphatic carbocycles. The molecule has 24 heavy (non-hydrogen) atoms. The Bertz CT molecular complexity index is 707. The van der Waals surface area contributed by atoms with E-state index in [1.54, 1.807) is 4.68 Å². The normalized spacial score (nSPS) is 10.9. The van der Waals surface area contributed by atoms with E-state index in [1.807, 2.05) is 26.8 Å². The molecule has 1 heterocycles. The quantitative estimate of drug-likeness (QED) is 0.792. The van der Waals surface area contributed by atoms with Crippen molar-refractivity contribution in [3.8, 4) is 5.75 Å². The van der Waals surface area contributed by atoms with Crippen molar-refractivity contribution in [1.82, 2.24) is 20.1 Å². The molecule has 0 aliphatic heterocycles. The van der Waals surface area contributed by atoms with Gasteiger partial charge in [-0.3, -0.25) is 4.79 Å². The molecule has 0 spiro atoms. The van der Waals surface area contributed by atoms with Crippen molar-refractivity contribution in [2.24, 2.45) is 0 Å². The number of hydrogen-bond donors (Lipinski definition) is 1. The van der Waals surface area contributed by atoms with Crippen LogP contribution in [0.5, 0.6) is 5.75 Å². The van der Waals surface area contributed by atoms with Crippen LogP contribution in [0.4, 0.5) is 0 Å². The Kier molecular flexibility index (Phi) is 5.95. The van der Waals surface area contributed by atoms with Crippen molar-refractivity contribution in [2.45, 2.75) is 47.1 Å². The Morgan fingerprint density at radius 2 is 2.04 bits per heavy atom. The summed E-state index contributed by atoms with van der Waals surface area (Å²) in [7, 11) is 0. The third-order valence-corrected chi connectivity index (χ3v) is 3.73. The van der Waals surface area contributed by atoms with Crippen LogP contribution in [0.2, 0.25) is 0 Å². The largest absolute Gasteiger partial charge is 0.491 e. The van der Waals surface area contributed by atoms with E-state index < -0.39 is 0 Å². The highest BCUT2D eigenvalue weighted by molar-refractivity contribution is 5.75.